The van der Waals surface area contributed by atoms with Crippen molar-refractivity contribution in [1.82, 2.24) is 9.99 Å². The number of nitrogens with two attached hydrogens (primary N) is 1. The minimum Gasteiger partial charge on any atom is -0.396 e. The quantitative estimate of drug-likeness (QED) is 0.830. The number of carbonyl (C=O) groups excluding carboxylic acids is 1. The summed E-state index contributed by atoms with van der Waals surface area (Å²) in [5, 5.41) is 14.7. The average molecular weight is 355 g/mol. The summed E-state index contributed by atoms with van der Waals surface area (Å²) in [5.41, 5.74) is 7.15. The van der Waals surface area contributed by atoms with Crippen molar-refractivity contribution < 1.29 is 4.79 Å². The number of piperidine rings is 1. The monoisotopic (exact) mass is 355 g/mol. The van der Waals surface area contributed by atoms with Crippen molar-refractivity contribution >= 4 is 27.8 Å². The molecule has 1 aliphatic heterocycles. The molecule has 2 N–H and O–H groups in total. The molecule has 3 heterocycles. The molecule has 1 fully saturated rings. The molecule has 0 amide bonds. The molecule has 0 saturated carbocycles. The summed E-state index contributed by atoms with van der Waals surface area (Å²) < 4.78 is 0. The Morgan fingerprint density at radius 3 is 2.76 bits per heavy atom. The van der Waals surface area contributed by atoms with Gasteiger partial charge < -0.3 is 5.73 Å². The van der Waals surface area contributed by atoms with Gasteiger partial charge in [-0.15, -0.1) is 11.3 Å². The molecule has 1 saturated heterocycles. The fourth-order valence-electron chi connectivity index (χ4n) is 3.09. The summed E-state index contributed by atoms with van der Waals surface area (Å²) in [7, 11) is 0. The maximum Gasteiger partial charge on any atom is 0.223 e. The zero-order chi connectivity index (χ0) is 17.8. The van der Waals surface area contributed by atoms with Crippen molar-refractivity contribution in [2.24, 2.45) is 0 Å². The molecule has 0 atom stereocenters. The van der Waals surface area contributed by atoms with Crippen LogP contribution in [0.25, 0.3) is 0 Å². The molecule has 1 aliphatic rings. The van der Waals surface area contributed by atoms with E-state index in [0.717, 1.165) is 37.5 Å². The van der Waals surface area contributed by atoms with E-state index in [4.69, 9.17) is 5.73 Å². The molecule has 0 spiro atoms. The summed E-state index contributed by atoms with van der Waals surface area (Å²) >= 11 is 1.29. The van der Waals surface area contributed by atoms with E-state index >= 15 is 0 Å². The molecule has 0 aliphatic carbocycles. The zero-order valence-corrected chi connectivity index (χ0v) is 15.1. The summed E-state index contributed by atoms with van der Waals surface area (Å²) in [6.45, 7) is 4.69. The third-order valence-electron chi connectivity index (χ3n) is 4.35. The van der Waals surface area contributed by atoms with Gasteiger partial charge in [0.2, 0.25) is 5.78 Å². The first-order valence-corrected chi connectivity index (χ1v) is 9.29. The van der Waals surface area contributed by atoms with Crippen LogP contribution in [-0.2, 0) is 0 Å². The first-order chi connectivity index (χ1) is 12.2. The van der Waals surface area contributed by atoms with E-state index in [9.17, 15) is 10.1 Å². The normalized spacial score (nSPS) is 14.9. The van der Waals surface area contributed by atoms with E-state index in [2.05, 4.69) is 21.1 Å². The fourth-order valence-corrected chi connectivity index (χ4v) is 4.30. The summed E-state index contributed by atoms with van der Waals surface area (Å²) in [5.74, 6) is -0.236. The molecule has 6 nitrogen and oxygen atoms in total. The highest BCUT2D eigenvalue weighted by Gasteiger charge is 2.28. The van der Waals surface area contributed by atoms with Crippen LogP contribution >= 0.6 is 11.3 Å². The SMILES string of the molecule is CCN(c1sc(C(=O)c2ccccn2)c(N)c1C#N)N1CCCCC1. The Balaban J connectivity index is 2.00. The zero-order valence-electron chi connectivity index (χ0n) is 14.2. The minimum absolute atomic E-state index is 0.236. The van der Waals surface area contributed by atoms with E-state index in [1.165, 1.54) is 17.8 Å². The number of carbonyl (C=O) groups is 1. The first-order valence-electron chi connectivity index (χ1n) is 8.47. The Labute approximate surface area is 151 Å². The van der Waals surface area contributed by atoms with E-state index < -0.39 is 0 Å². The second-order valence-corrected chi connectivity index (χ2v) is 6.91. The molecule has 0 aromatic carbocycles. The summed E-state index contributed by atoms with van der Waals surface area (Å²) in [6.07, 6.45) is 5.09. The van der Waals surface area contributed by atoms with Crippen molar-refractivity contribution in [2.75, 3.05) is 30.4 Å². The Hall–Kier alpha value is -2.43. The number of nitrogens with zero attached hydrogens (tertiary/aromatic N) is 4. The predicted molar refractivity (Wildman–Crippen MR) is 99.6 cm³/mol. The van der Waals surface area contributed by atoms with Gasteiger partial charge in [-0.2, -0.15) is 5.26 Å². The highest BCUT2D eigenvalue weighted by molar-refractivity contribution is 7.19. The lowest BCUT2D eigenvalue weighted by molar-refractivity contribution is 0.103. The Kier molecular flexibility index (Phi) is 5.31. The summed E-state index contributed by atoms with van der Waals surface area (Å²) in [6, 6.07) is 7.38. The number of rotatable bonds is 5. The van der Waals surface area contributed by atoms with Gasteiger partial charge >= 0.3 is 0 Å². The lowest BCUT2D eigenvalue weighted by Gasteiger charge is -2.37. The fraction of sp³-hybridized carbons (Fsp3) is 0.389. The van der Waals surface area contributed by atoms with Crippen LogP contribution in [0.5, 0.6) is 0 Å². The molecule has 130 valence electrons. The second-order valence-electron chi connectivity index (χ2n) is 5.91. The van der Waals surface area contributed by atoms with E-state index in [1.807, 2.05) is 6.92 Å². The molecular formula is C18H21N5OS. The van der Waals surface area contributed by atoms with Gasteiger partial charge in [-0.3, -0.25) is 14.8 Å². The molecular weight excluding hydrogens is 334 g/mol. The predicted octanol–water partition coefficient (Wildman–Crippen LogP) is 3.06. The Morgan fingerprint density at radius 2 is 2.16 bits per heavy atom. The molecule has 2 aromatic heterocycles. The van der Waals surface area contributed by atoms with Crippen molar-refractivity contribution in [1.29, 1.82) is 5.26 Å². The topological polar surface area (TPSA) is 86.2 Å². The smallest absolute Gasteiger partial charge is 0.223 e. The lowest BCUT2D eigenvalue weighted by Crippen LogP contribution is -2.45. The number of hydrogen-bond donors (Lipinski definition) is 1. The molecule has 2 aromatic rings. The van der Waals surface area contributed by atoms with Gasteiger partial charge in [0.25, 0.3) is 0 Å². The van der Waals surface area contributed by atoms with Crippen LogP contribution in [0, 0.1) is 11.3 Å². The van der Waals surface area contributed by atoms with Crippen LogP contribution in [0.2, 0.25) is 0 Å². The number of ketones is 1. The van der Waals surface area contributed by atoms with Crippen LogP contribution < -0.4 is 10.7 Å². The van der Waals surface area contributed by atoms with E-state index in [0.29, 0.717) is 16.1 Å². The number of nitriles is 1. The standard InChI is InChI=1S/C18H21N5OS/c1-2-23(22-10-6-3-7-11-22)18-13(12-19)15(20)17(25-18)16(24)14-8-4-5-9-21-14/h4-5,8-9H,2-3,6-7,10-11,20H2,1H3. The maximum absolute atomic E-state index is 12.8. The van der Waals surface area contributed by atoms with E-state index in [-0.39, 0.29) is 11.5 Å². The van der Waals surface area contributed by atoms with Crippen molar-refractivity contribution in [3.8, 4) is 6.07 Å². The molecule has 0 radical (unpaired) electrons. The number of hydrogen-bond acceptors (Lipinski definition) is 7. The molecule has 7 heteroatoms. The van der Waals surface area contributed by atoms with Crippen molar-refractivity contribution in [3.63, 3.8) is 0 Å². The number of aromatic nitrogens is 1. The van der Waals surface area contributed by atoms with Gasteiger partial charge in [0.1, 0.15) is 27.2 Å². The number of nitrogen functional groups attached to an aromatic ring is 1. The maximum atomic E-state index is 12.8. The van der Waals surface area contributed by atoms with Gasteiger partial charge in [-0.05, 0) is 31.9 Å². The van der Waals surface area contributed by atoms with Crippen molar-refractivity contribution in [3.05, 3.63) is 40.5 Å². The minimum atomic E-state index is -0.236. The van der Waals surface area contributed by atoms with Gasteiger partial charge in [-0.1, -0.05) is 12.5 Å². The first kappa shape index (κ1) is 17.4. The van der Waals surface area contributed by atoms with Crippen LogP contribution in [0.1, 0.15) is 47.1 Å². The van der Waals surface area contributed by atoms with Crippen LogP contribution in [0.3, 0.4) is 0 Å². The number of thiophene rings is 1. The second kappa shape index (κ2) is 7.64. The molecule has 0 unspecified atom stereocenters. The van der Waals surface area contributed by atoms with Crippen LogP contribution in [-0.4, -0.2) is 35.4 Å². The van der Waals surface area contributed by atoms with Gasteiger partial charge in [0, 0.05) is 25.8 Å². The molecule has 0 bridgehead atoms. The molecule has 3 rings (SSSR count). The van der Waals surface area contributed by atoms with Crippen molar-refractivity contribution in [2.45, 2.75) is 26.2 Å². The van der Waals surface area contributed by atoms with Gasteiger partial charge in [-0.25, -0.2) is 5.01 Å². The van der Waals surface area contributed by atoms with Gasteiger partial charge in [0.05, 0.1) is 5.69 Å². The molecule has 25 heavy (non-hydrogen) atoms. The van der Waals surface area contributed by atoms with Gasteiger partial charge in [0.15, 0.2) is 0 Å². The lowest BCUT2D eigenvalue weighted by atomic mass is 10.1. The van der Waals surface area contributed by atoms with E-state index in [1.54, 1.807) is 24.4 Å². The number of pyridine rings is 1. The highest BCUT2D eigenvalue weighted by atomic mass is 32.1. The largest absolute Gasteiger partial charge is 0.396 e. The van der Waals surface area contributed by atoms with Crippen LogP contribution in [0.15, 0.2) is 24.4 Å². The Bertz CT molecular complexity index is 790. The number of hydrazine groups is 1. The number of anilines is 2. The average Bonchev–Trinajstić information content (AvgIpc) is 2.99. The third-order valence-corrected chi connectivity index (χ3v) is 5.57. The van der Waals surface area contributed by atoms with Crippen LogP contribution in [0.4, 0.5) is 10.7 Å². The third kappa shape index (κ3) is 3.36. The summed E-state index contributed by atoms with van der Waals surface area (Å²) in [4.78, 5) is 17.3. The highest BCUT2D eigenvalue weighted by Crippen LogP contribution is 2.39. The Morgan fingerprint density at radius 1 is 1.40 bits per heavy atom.